The van der Waals surface area contributed by atoms with Crippen LogP contribution in [0.4, 0.5) is 0 Å². The number of halogens is 1. The van der Waals surface area contributed by atoms with Gasteiger partial charge in [-0.1, -0.05) is 15.9 Å². The SMILES string of the molecule is CC(O)c1cc(Br)ccc1OC1CCCOC1. The van der Waals surface area contributed by atoms with Crippen LogP contribution in [0.15, 0.2) is 22.7 Å². The fourth-order valence-corrected chi connectivity index (χ4v) is 2.32. The van der Waals surface area contributed by atoms with Gasteiger partial charge in [-0.25, -0.2) is 0 Å². The van der Waals surface area contributed by atoms with E-state index in [0.29, 0.717) is 6.61 Å². The molecule has 3 nitrogen and oxygen atoms in total. The molecule has 17 heavy (non-hydrogen) atoms. The molecular weight excluding hydrogens is 284 g/mol. The summed E-state index contributed by atoms with van der Waals surface area (Å²) in [6.07, 6.45) is 1.61. The van der Waals surface area contributed by atoms with Crippen LogP contribution >= 0.6 is 15.9 Å². The zero-order valence-electron chi connectivity index (χ0n) is 9.86. The number of benzene rings is 1. The zero-order chi connectivity index (χ0) is 12.3. The third-order valence-corrected chi connectivity index (χ3v) is 3.33. The molecule has 0 amide bonds. The van der Waals surface area contributed by atoms with Crippen molar-refractivity contribution in [1.82, 2.24) is 0 Å². The summed E-state index contributed by atoms with van der Waals surface area (Å²) < 4.78 is 12.2. The predicted octanol–water partition coefficient (Wildman–Crippen LogP) is 3.06. The Balaban J connectivity index is 2.13. The molecule has 0 spiro atoms. The van der Waals surface area contributed by atoms with E-state index >= 15 is 0 Å². The molecule has 1 aromatic carbocycles. The van der Waals surface area contributed by atoms with Gasteiger partial charge in [-0.15, -0.1) is 0 Å². The Hall–Kier alpha value is -0.580. The van der Waals surface area contributed by atoms with Crippen LogP contribution in [0.25, 0.3) is 0 Å². The Bertz CT molecular complexity index is 373. The van der Waals surface area contributed by atoms with E-state index in [2.05, 4.69) is 15.9 Å². The molecule has 2 atom stereocenters. The van der Waals surface area contributed by atoms with E-state index in [4.69, 9.17) is 9.47 Å². The maximum Gasteiger partial charge on any atom is 0.125 e. The predicted molar refractivity (Wildman–Crippen MR) is 69.2 cm³/mol. The number of rotatable bonds is 3. The Morgan fingerprint density at radius 3 is 3.00 bits per heavy atom. The summed E-state index contributed by atoms with van der Waals surface area (Å²) in [7, 11) is 0. The second kappa shape index (κ2) is 5.85. The van der Waals surface area contributed by atoms with Gasteiger partial charge in [-0.3, -0.25) is 0 Å². The minimum Gasteiger partial charge on any atom is -0.488 e. The second-order valence-electron chi connectivity index (χ2n) is 4.32. The van der Waals surface area contributed by atoms with E-state index in [-0.39, 0.29) is 6.10 Å². The summed E-state index contributed by atoms with van der Waals surface area (Å²) in [6.45, 7) is 3.20. The first kappa shape index (κ1) is 12.9. The first-order valence-corrected chi connectivity index (χ1v) is 6.68. The van der Waals surface area contributed by atoms with Crippen LogP contribution in [-0.4, -0.2) is 24.4 Å². The molecular formula is C13H17BrO3. The molecule has 1 saturated heterocycles. The van der Waals surface area contributed by atoms with Crippen molar-refractivity contribution in [3.63, 3.8) is 0 Å². The van der Waals surface area contributed by atoms with E-state index in [9.17, 15) is 5.11 Å². The van der Waals surface area contributed by atoms with Crippen molar-refractivity contribution in [3.8, 4) is 5.75 Å². The molecule has 0 aromatic heterocycles. The monoisotopic (exact) mass is 300 g/mol. The molecule has 1 aliphatic rings. The smallest absolute Gasteiger partial charge is 0.125 e. The third-order valence-electron chi connectivity index (χ3n) is 2.83. The summed E-state index contributed by atoms with van der Waals surface area (Å²) in [5.41, 5.74) is 0.810. The van der Waals surface area contributed by atoms with Crippen LogP contribution < -0.4 is 4.74 Å². The molecule has 2 unspecified atom stereocenters. The molecule has 0 saturated carbocycles. The molecule has 0 aliphatic carbocycles. The van der Waals surface area contributed by atoms with E-state index in [1.807, 2.05) is 18.2 Å². The fourth-order valence-electron chi connectivity index (χ4n) is 1.94. The zero-order valence-corrected chi connectivity index (χ0v) is 11.4. The van der Waals surface area contributed by atoms with Crippen LogP contribution in [0.1, 0.15) is 31.4 Å². The standard InChI is InChI=1S/C13H17BrO3/c1-9(15)12-7-10(14)4-5-13(12)17-11-3-2-6-16-8-11/h4-5,7,9,11,15H,2-3,6,8H2,1H3. The van der Waals surface area contributed by atoms with Crippen molar-refractivity contribution in [2.45, 2.75) is 32.0 Å². The average molecular weight is 301 g/mol. The molecule has 1 N–H and O–H groups in total. The van der Waals surface area contributed by atoms with Crippen molar-refractivity contribution >= 4 is 15.9 Å². The maximum absolute atomic E-state index is 9.73. The topological polar surface area (TPSA) is 38.7 Å². The second-order valence-corrected chi connectivity index (χ2v) is 5.23. The Kier molecular flexibility index (Phi) is 4.42. The van der Waals surface area contributed by atoms with Crippen LogP contribution in [0.3, 0.4) is 0 Å². The van der Waals surface area contributed by atoms with Crippen LogP contribution in [0.5, 0.6) is 5.75 Å². The summed E-state index contributed by atoms with van der Waals surface area (Å²) in [5.74, 6) is 0.749. The lowest BCUT2D eigenvalue weighted by atomic mass is 10.1. The van der Waals surface area contributed by atoms with Gasteiger partial charge in [0.05, 0.1) is 12.7 Å². The number of aliphatic hydroxyl groups excluding tert-OH is 1. The van der Waals surface area contributed by atoms with Gasteiger partial charge in [-0.05, 0) is 38.0 Å². The van der Waals surface area contributed by atoms with E-state index in [0.717, 1.165) is 35.2 Å². The van der Waals surface area contributed by atoms with E-state index < -0.39 is 6.10 Å². The highest BCUT2D eigenvalue weighted by molar-refractivity contribution is 9.10. The molecule has 1 aliphatic heterocycles. The summed E-state index contributed by atoms with van der Waals surface area (Å²) >= 11 is 3.40. The first-order valence-electron chi connectivity index (χ1n) is 5.88. The van der Waals surface area contributed by atoms with E-state index in [1.165, 1.54) is 0 Å². The lowest BCUT2D eigenvalue weighted by molar-refractivity contribution is 0.00613. The number of hydrogen-bond acceptors (Lipinski definition) is 3. The van der Waals surface area contributed by atoms with Crippen molar-refractivity contribution in [3.05, 3.63) is 28.2 Å². The van der Waals surface area contributed by atoms with Gasteiger partial charge >= 0.3 is 0 Å². The summed E-state index contributed by atoms with van der Waals surface area (Å²) in [4.78, 5) is 0. The average Bonchev–Trinajstić information content (AvgIpc) is 2.32. The van der Waals surface area contributed by atoms with Crippen LogP contribution in [-0.2, 0) is 4.74 Å². The van der Waals surface area contributed by atoms with Gasteiger partial charge in [0, 0.05) is 16.6 Å². The van der Waals surface area contributed by atoms with E-state index in [1.54, 1.807) is 6.92 Å². The highest BCUT2D eigenvalue weighted by Crippen LogP contribution is 2.30. The Morgan fingerprint density at radius 2 is 2.35 bits per heavy atom. The maximum atomic E-state index is 9.73. The fraction of sp³-hybridized carbons (Fsp3) is 0.538. The largest absolute Gasteiger partial charge is 0.488 e. The normalized spacial score (nSPS) is 22.2. The minimum absolute atomic E-state index is 0.0995. The number of hydrogen-bond donors (Lipinski definition) is 1. The Morgan fingerprint density at radius 1 is 1.53 bits per heavy atom. The van der Waals surface area contributed by atoms with Crippen LogP contribution in [0, 0.1) is 0 Å². The first-order chi connectivity index (χ1) is 8.16. The molecule has 94 valence electrons. The van der Waals surface area contributed by atoms with Gasteiger partial charge in [0.15, 0.2) is 0 Å². The summed E-state index contributed by atoms with van der Waals surface area (Å²) in [6, 6.07) is 5.70. The number of ether oxygens (including phenoxy) is 2. The quantitative estimate of drug-likeness (QED) is 0.932. The molecule has 0 radical (unpaired) electrons. The van der Waals surface area contributed by atoms with Crippen molar-refractivity contribution in [2.24, 2.45) is 0 Å². The van der Waals surface area contributed by atoms with Crippen molar-refractivity contribution in [2.75, 3.05) is 13.2 Å². The highest BCUT2D eigenvalue weighted by atomic mass is 79.9. The van der Waals surface area contributed by atoms with Gasteiger partial charge in [-0.2, -0.15) is 0 Å². The third kappa shape index (κ3) is 3.44. The molecule has 1 heterocycles. The van der Waals surface area contributed by atoms with Gasteiger partial charge in [0.1, 0.15) is 11.9 Å². The number of aliphatic hydroxyl groups is 1. The van der Waals surface area contributed by atoms with Crippen LogP contribution in [0.2, 0.25) is 0 Å². The Labute approximate surface area is 110 Å². The molecule has 2 rings (SSSR count). The lowest BCUT2D eigenvalue weighted by Gasteiger charge is -2.25. The van der Waals surface area contributed by atoms with Gasteiger partial charge in [0.25, 0.3) is 0 Å². The summed E-state index contributed by atoms with van der Waals surface area (Å²) in [5, 5.41) is 9.73. The lowest BCUT2D eigenvalue weighted by Crippen LogP contribution is -2.28. The molecule has 0 bridgehead atoms. The molecule has 1 aromatic rings. The molecule has 4 heteroatoms. The minimum atomic E-state index is -0.535. The molecule has 1 fully saturated rings. The highest BCUT2D eigenvalue weighted by Gasteiger charge is 2.18. The van der Waals surface area contributed by atoms with Gasteiger partial charge in [0.2, 0.25) is 0 Å². The van der Waals surface area contributed by atoms with Crippen molar-refractivity contribution in [1.29, 1.82) is 0 Å². The van der Waals surface area contributed by atoms with Crippen molar-refractivity contribution < 1.29 is 14.6 Å². The van der Waals surface area contributed by atoms with Gasteiger partial charge < -0.3 is 14.6 Å².